The summed E-state index contributed by atoms with van der Waals surface area (Å²) in [6.45, 7) is 2.41. The van der Waals surface area contributed by atoms with Crippen LogP contribution in [0.25, 0.3) is 0 Å². The van der Waals surface area contributed by atoms with Gasteiger partial charge in [-0.05, 0) is 18.1 Å². The number of aliphatic hydroxyl groups excluding tert-OH is 1. The molecular formula is C18H19NO3. The molecule has 1 atom stereocenters. The molecule has 0 fully saturated rings. The van der Waals surface area contributed by atoms with Crippen LogP contribution in [-0.2, 0) is 4.79 Å². The number of nitrogens with one attached hydrogen (secondary N) is 1. The van der Waals surface area contributed by atoms with Gasteiger partial charge in [0.1, 0.15) is 11.5 Å². The van der Waals surface area contributed by atoms with Crippen molar-refractivity contribution < 1.29 is 14.6 Å². The molecule has 0 radical (unpaired) electrons. The van der Waals surface area contributed by atoms with Gasteiger partial charge >= 0.3 is 0 Å². The van der Waals surface area contributed by atoms with E-state index >= 15 is 0 Å². The number of fused-ring (bicyclic) bond motifs is 2. The zero-order chi connectivity index (χ0) is 15.5. The molecule has 0 spiro atoms. The summed E-state index contributed by atoms with van der Waals surface area (Å²) in [5, 5.41) is 12.0. The topological polar surface area (TPSA) is 58.6 Å². The number of aliphatic hydroxyl groups is 1. The summed E-state index contributed by atoms with van der Waals surface area (Å²) in [7, 11) is 0. The molecule has 1 aliphatic rings. The third-order valence-electron chi connectivity index (χ3n) is 3.88. The van der Waals surface area contributed by atoms with E-state index in [1.54, 1.807) is 0 Å². The quantitative estimate of drug-likeness (QED) is 0.912. The number of carbonyl (C=O) groups excluding carboxylic acids is 1. The van der Waals surface area contributed by atoms with Crippen LogP contribution in [-0.4, -0.2) is 24.2 Å². The van der Waals surface area contributed by atoms with E-state index in [1.165, 1.54) is 0 Å². The van der Waals surface area contributed by atoms with Crippen LogP contribution in [0, 0.1) is 5.92 Å². The zero-order valence-corrected chi connectivity index (χ0v) is 12.5. The van der Waals surface area contributed by atoms with Gasteiger partial charge < -0.3 is 15.2 Å². The fourth-order valence-electron chi connectivity index (χ4n) is 2.63. The molecule has 0 aromatic heterocycles. The first-order chi connectivity index (χ1) is 10.7. The number of carbonyl (C=O) groups is 1. The van der Waals surface area contributed by atoms with Gasteiger partial charge in [-0.2, -0.15) is 0 Å². The molecule has 0 bridgehead atoms. The van der Waals surface area contributed by atoms with Crippen LogP contribution in [0.4, 0.5) is 0 Å². The van der Waals surface area contributed by atoms with E-state index in [9.17, 15) is 4.79 Å². The van der Waals surface area contributed by atoms with Crippen molar-refractivity contribution in [2.24, 2.45) is 5.92 Å². The minimum atomic E-state index is -0.382. The fraction of sp³-hybridized carbons (Fsp3) is 0.278. The molecule has 2 N–H and O–H groups in total. The Morgan fingerprint density at radius 2 is 1.68 bits per heavy atom. The highest BCUT2D eigenvalue weighted by Gasteiger charge is 2.32. The van der Waals surface area contributed by atoms with Crippen molar-refractivity contribution in [3.8, 4) is 11.5 Å². The largest absolute Gasteiger partial charge is 0.457 e. The number of hydrogen-bond donors (Lipinski definition) is 2. The molecule has 0 saturated heterocycles. The Hall–Kier alpha value is -2.33. The second-order valence-electron chi connectivity index (χ2n) is 5.64. The van der Waals surface area contributed by atoms with Gasteiger partial charge in [-0.25, -0.2) is 0 Å². The van der Waals surface area contributed by atoms with Crippen molar-refractivity contribution in [2.45, 2.75) is 12.8 Å². The molecular weight excluding hydrogens is 278 g/mol. The van der Waals surface area contributed by atoms with Gasteiger partial charge in [0, 0.05) is 24.3 Å². The van der Waals surface area contributed by atoms with Gasteiger partial charge in [0.15, 0.2) is 0 Å². The van der Waals surface area contributed by atoms with E-state index in [1.807, 2.05) is 55.5 Å². The second-order valence-corrected chi connectivity index (χ2v) is 5.64. The van der Waals surface area contributed by atoms with Crippen molar-refractivity contribution >= 4 is 5.91 Å². The maximum atomic E-state index is 12.7. The minimum Gasteiger partial charge on any atom is -0.457 e. The molecule has 4 heteroatoms. The normalized spacial score (nSPS) is 14.5. The lowest BCUT2D eigenvalue weighted by atomic mass is 9.87. The minimum absolute atomic E-state index is 0.0364. The van der Waals surface area contributed by atoms with Crippen LogP contribution >= 0.6 is 0 Å². The molecule has 114 valence electrons. The first-order valence-electron chi connectivity index (χ1n) is 7.45. The Morgan fingerprint density at radius 3 is 2.23 bits per heavy atom. The predicted molar refractivity (Wildman–Crippen MR) is 84.1 cm³/mol. The van der Waals surface area contributed by atoms with Gasteiger partial charge in [0.2, 0.25) is 5.91 Å². The number of hydrogen-bond acceptors (Lipinski definition) is 3. The Morgan fingerprint density at radius 1 is 1.14 bits per heavy atom. The molecule has 0 aliphatic carbocycles. The van der Waals surface area contributed by atoms with Crippen LogP contribution in [0.15, 0.2) is 48.5 Å². The Bertz CT molecular complexity index is 638. The Labute approximate surface area is 129 Å². The van der Waals surface area contributed by atoms with Gasteiger partial charge in [0.05, 0.1) is 5.92 Å². The van der Waals surface area contributed by atoms with Crippen LogP contribution in [0.2, 0.25) is 0 Å². The molecule has 3 rings (SSSR count). The fourth-order valence-corrected chi connectivity index (χ4v) is 2.63. The summed E-state index contributed by atoms with van der Waals surface area (Å²) < 4.78 is 5.88. The smallest absolute Gasteiger partial charge is 0.232 e. The number of amides is 1. The first kappa shape index (κ1) is 14.6. The van der Waals surface area contributed by atoms with Crippen molar-refractivity contribution in [2.75, 3.05) is 13.2 Å². The lowest BCUT2D eigenvalue weighted by Gasteiger charge is -2.27. The van der Waals surface area contributed by atoms with Gasteiger partial charge in [-0.15, -0.1) is 0 Å². The van der Waals surface area contributed by atoms with Crippen LogP contribution in [0.3, 0.4) is 0 Å². The Kier molecular flexibility index (Phi) is 4.11. The van der Waals surface area contributed by atoms with E-state index in [0.29, 0.717) is 6.54 Å². The third kappa shape index (κ3) is 2.70. The van der Waals surface area contributed by atoms with E-state index in [4.69, 9.17) is 9.84 Å². The summed E-state index contributed by atoms with van der Waals surface area (Å²) >= 11 is 0. The van der Waals surface area contributed by atoms with Gasteiger partial charge in [-0.1, -0.05) is 43.3 Å². The average Bonchev–Trinajstić information content (AvgIpc) is 2.57. The lowest BCUT2D eigenvalue weighted by Crippen LogP contribution is -2.35. The lowest BCUT2D eigenvalue weighted by molar-refractivity contribution is -0.122. The molecule has 2 aromatic rings. The van der Waals surface area contributed by atoms with E-state index in [-0.39, 0.29) is 24.3 Å². The summed E-state index contributed by atoms with van der Waals surface area (Å²) in [4.78, 5) is 12.7. The summed E-state index contributed by atoms with van der Waals surface area (Å²) in [6, 6.07) is 15.2. The van der Waals surface area contributed by atoms with E-state index in [2.05, 4.69) is 5.32 Å². The molecule has 22 heavy (non-hydrogen) atoms. The molecule has 0 saturated carbocycles. The maximum Gasteiger partial charge on any atom is 0.232 e. The third-order valence-corrected chi connectivity index (χ3v) is 3.88. The van der Waals surface area contributed by atoms with Crippen molar-refractivity contribution in [3.05, 3.63) is 59.7 Å². The molecule has 1 heterocycles. The van der Waals surface area contributed by atoms with Gasteiger partial charge in [0.25, 0.3) is 0 Å². The van der Waals surface area contributed by atoms with Crippen LogP contribution < -0.4 is 10.1 Å². The van der Waals surface area contributed by atoms with Crippen molar-refractivity contribution in [1.82, 2.24) is 5.32 Å². The predicted octanol–water partition coefficient (Wildman–Crippen LogP) is 2.67. The summed E-state index contributed by atoms with van der Waals surface area (Å²) in [5.74, 6) is 1.03. The first-order valence-corrected chi connectivity index (χ1v) is 7.45. The number of ether oxygens (including phenoxy) is 1. The molecule has 2 aromatic carbocycles. The van der Waals surface area contributed by atoms with Crippen molar-refractivity contribution in [1.29, 1.82) is 0 Å². The van der Waals surface area contributed by atoms with Crippen LogP contribution in [0.1, 0.15) is 24.0 Å². The summed E-state index contributed by atoms with van der Waals surface area (Å²) in [5.41, 5.74) is 1.74. The van der Waals surface area contributed by atoms with Gasteiger partial charge in [-0.3, -0.25) is 4.79 Å². The summed E-state index contributed by atoms with van der Waals surface area (Å²) in [6.07, 6.45) is 0. The van der Waals surface area contributed by atoms with E-state index < -0.39 is 0 Å². The number of benzene rings is 2. The highest BCUT2D eigenvalue weighted by Crippen LogP contribution is 2.43. The second kappa shape index (κ2) is 6.20. The Balaban J connectivity index is 1.94. The maximum absolute atomic E-state index is 12.7. The molecule has 1 aliphatic heterocycles. The highest BCUT2D eigenvalue weighted by atomic mass is 16.5. The monoisotopic (exact) mass is 297 g/mol. The number of rotatable bonds is 4. The average molecular weight is 297 g/mol. The molecule has 1 unspecified atom stereocenters. The highest BCUT2D eigenvalue weighted by molar-refractivity contribution is 5.89. The number of para-hydroxylation sites is 2. The van der Waals surface area contributed by atoms with E-state index in [0.717, 1.165) is 22.6 Å². The SMILES string of the molecule is CC(CO)CNC(=O)C1c2ccccc2Oc2ccccc21. The molecule has 4 nitrogen and oxygen atoms in total. The molecule has 1 amide bonds. The standard InChI is InChI=1S/C18H19NO3/c1-12(11-20)10-19-18(21)17-13-6-2-4-8-15(13)22-16-9-5-3-7-14(16)17/h2-9,12,17,20H,10-11H2,1H3,(H,19,21). The van der Waals surface area contributed by atoms with Crippen LogP contribution in [0.5, 0.6) is 11.5 Å². The zero-order valence-electron chi connectivity index (χ0n) is 12.5. The van der Waals surface area contributed by atoms with Crippen molar-refractivity contribution in [3.63, 3.8) is 0 Å².